The van der Waals surface area contributed by atoms with Crippen molar-refractivity contribution >= 4 is 5.97 Å². The van der Waals surface area contributed by atoms with E-state index in [0.29, 0.717) is 18.1 Å². The van der Waals surface area contributed by atoms with E-state index in [-0.39, 0.29) is 11.9 Å². The quantitative estimate of drug-likeness (QED) is 0.573. The van der Waals surface area contributed by atoms with Gasteiger partial charge in [0.1, 0.15) is 0 Å². The van der Waals surface area contributed by atoms with Crippen LogP contribution in [0.5, 0.6) is 0 Å². The number of hydrogen-bond donors (Lipinski definition) is 0. The van der Waals surface area contributed by atoms with Gasteiger partial charge < -0.3 is 4.74 Å². The zero-order valence-corrected chi connectivity index (χ0v) is 10.8. The summed E-state index contributed by atoms with van der Waals surface area (Å²) in [4.78, 5) is 11.4. The molecular formula is C15H20O2. The highest BCUT2D eigenvalue weighted by molar-refractivity contribution is 5.86. The summed E-state index contributed by atoms with van der Waals surface area (Å²) in [5, 5.41) is 0. The van der Waals surface area contributed by atoms with E-state index in [1.807, 2.05) is 18.2 Å². The molecule has 0 saturated heterocycles. The fraction of sp³-hybridized carbons (Fsp3) is 0.400. The SMILES string of the molecule is C=C(C)C(=O)OCC(c1ccccc1)C(C)C. The summed E-state index contributed by atoms with van der Waals surface area (Å²) in [6.07, 6.45) is 0. The lowest BCUT2D eigenvalue weighted by Crippen LogP contribution is -2.17. The van der Waals surface area contributed by atoms with Gasteiger partial charge >= 0.3 is 5.97 Å². The molecule has 0 aliphatic heterocycles. The Kier molecular flexibility index (Phi) is 4.95. The minimum atomic E-state index is -0.313. The van der Waals surface area contributed by atoms with Crippen molar-refractivity contribution in [3.63, 3.8) is 0 Å². The fourth-order valence-electron chi connectivity index (χ4n) is 1.66. The maximum atomic E-state index is 11.4. The molecule has 1 rings (SSSR count). The molecule has 0 spiro atoms. The lowest BCUT2D eigenvalue weighted by atomic mass is 9.89. The summed E-state index contributed by atoms with van der Waals surface area (Å²) in [7, 11) is 0. The van der Waals surface area contributed by atoms with Crippen molar-refractivity contribution in [2.75, 3.05) is 6.61 Å². The van der Waals surface area contributed by atoms with Crippen LogP contribution in [-0.4, -0.2) is 12.6 Å². The standard InChI is InChI=1S/C15H20O2/c1-11(2)14(10-17-15(16)12(3)4)13-8-6-5-7-9-13/h5-9,11,14H,3,10H2,1-2,4H3. The average molecular weight is 232 g/mol. The van der Waals surface area contributed by atoms with E-state index in [4.69, 9.17) is 4.74 Å². The Morgan fingerprint density at radius 1 is 1.29 bits per heavy atom. The predicted molar refractivity (Wildman–Crippen MR) is 69.8 cm³/mol. The number of carbonyl (C=O) groups excluding carboxylic acids is 1. The van der Waals surface area contributed by atoms with E-state index < -0.39 is 0 Å². The third-order valence-corrected chi connectivity index (χ3v) is 2.77. The maximum Gasteiger partial charge on any atom is 0.333 e. The zero-order valence-electron chi connectivity index (χ0n) is 10.8. The van der Waals surface area contributed by atoms with Gasteiger partial charge in [0.2, 0.25) is 0 Å². The highest BCUT2D eigenvalue weighted by Crippen LogP contribution is 2.24. The molecule has 0 aliphatic carbocycles. The highest BCUT2D eigenvalue weighted by atomic mass is 16.5. The first-order valence-electron chi connectivity index (χ1n) is 5.90. The van der Waals surface area contributed by atoms with E-state index >= 15 is 0 Å². The van der Waals surface area contributed by atoms with Crippen LogP contribution in [0, 0.1) is 5.92 Å². The average Bonchev–Trinajstić information content (AvgIpc) is 2.29. The Hall–Kier alpha value is -1.57. The van der Waals surface area contributed by atoms with Crippen LogP contribution < -0.4 is 0 Å². The number of hydrogen-bond acceptors (Lipinski definition) is 2. The summed E-state index contributed by atoms with van der Waals surface area (Å²) in [5.41, 5.74) is 1.65. The van der Waals surface area contributed by atoms with Crippen molar-refractivity contribution in [3.8, 4) is 0 Å². The molecule has 0 aromatic heterocycles. The molecule has 0 N–H and O–H groups in total. The topological polar surface area (TPSA) is 26.3 Å². The third-order valence-electron chi connectivity index (χ3n) is 2.77. The van der Waals surface area contributed by atoms with Gasteiger partial charge in [-0.1, -0.05) is 50.8 Å². The van der Waals surface area contributed by atoms with Gasteiger partial charge in [0.25, 0.3) is 0 Å². The smallest absolute Gasteiger partial charge is 0.333 e. The van der Waals surface area contributed by atoms with Gasteiger partial charge in [-0.2, -0.15) is 0 Å². The van der Waals surface area contributed by atoms with Gasteiger partial charge in [0, 0.05) is 11.5 Å². The van der Waals surface area contributed by atoms with Gasteiger partial charge in [-0.3, -0.25) is 0 Å². The third kappa shape index (κ3) is 4.06. The van der Waals surface area contributed by atoms with E-state index in [1.165, 1.54) is 5.56 Å². The fourth-order valence-corrected chi connectivity index (χ4v) is 1.66. The molecule has 1 aromatic rings. The van der Waals surface area contributed by atoms with Crippen LogP contribution in [0.3, 0.4) is 0 Å². The lowest BCUT2D eigenvalue weighted by Gasteiger charge is -2.21. The summed E-state index contributed by atoms with van der Waals surface area (Å²) in [6, 6.07) is 10.1. The number of benzene rings is 1. The van der Waals surface area contributed by atoms with Crippen LogP contribution in [0.4, 0.5) is 0 Å². The first-order chi connectivity index (χ1) is 8.02. The Morgan fingerprint density at radius 2 is 1.88 bits per heavy atom. The Morgan fingerprint density at radius 3 is 2.35 bits per heavy atom. The molecule has 0 bridgehead atoms. The van der Waals surface area contributed by atoms with Crippen molar-refractivity contribution < 1.29 is 9.53 Å². The molecule has 1 aromatic carbocycles. The minimum Gasteiger partial charge on any atom is -0.462 e. The normalized spacial score (nSPS) is 12.2. The van der Waals surface area contributed by atoms with Crippen molar-refractivity contribution in [1.82, 2.24) is 0 Å². The van der Waals surface area contributed by atoms with Crippen molar-refractivity contribution in [3.05, 3.63) is 48.0 Å². The molecule has 2 heteroatoms. The molecule has 0 heterocycles. The van der Waals surface area contributed by atoms with Gasteiger partial charge in [0.05, 0.1) is 6.61 Å². The van der Waals surface area contributed by atoms with Crippen LogP contribution in [0.15, 0.2) is 42.5 Å². The van der Waals surface area contributed by atoms with Crippen molar-refractivity contribution in [2.24, 2.45) is 5.92 Å². The summed E-state index contributed by atoms with van der Waals surface area (Å²) in [6.45, 7) is 9.91. The van der Waals surface area contributed by atoms with Gasteiger partial charge in [-0.05, 0) is 18.4 Å². The van der Waals surface area contributed by atoms with Crippen molar-refractivity contribution in [1.29, 1.82) is 0 Å². The second kappa shape index (κ2) is 6.24. The minimum absolute atomic E-state index is 0.236. The van der Waals surface area contributed by atoms with Crippen LogP contribution in [-0.2, 0) is 9.53 Å². The highest BCUT2D eigenvalue weighted by Gasteiger charge is 2.17. The first-order valence-corrected chi connectivity index (χ1v) is 5.90. The van der Waals surface area contributed by atoms with E-state index in [9.17, 15) is 4.79 Å². The Labute approximate surface area is 103 Å². The first kappa shape index (κ1) is 13.5. The van der Waals surface area contributed by atoms with E-state index in [1.54, 1.807) is 6.92 Å². The largest absolute Gasteiger partial charge is 0.462 e. The van der Waals surface area contributed by atoms with Crippen LogP contribution >= 0.6 is 0 Å². The second-order valence-corrected chi connectivity index (χ2v) is 4.64. The van der Waals surface area contributed by atoms with Crippen LogP contribution in [0.2, 0.25) is 0 Å². The summed E-state index contributed by atoms with van der Waals surface area (Å²) < 4.78 is 5.24. The zero-order chi connectivity index (χ0) is 12.8. The monoisotopic (exact) mass is 232 g/mol. The lowest BCUT2D eigenvalue weighted by molar-refractivity contribution is -0.139. The predicted octanol–water partition coefficient (Wildman–Crippen LogP) is 3.55. The van der Waals surface area contributed by atoms with Crippen molar-refractivity contribution in [2.45, 2.75) is 26.7 Å². The Bertz CT molecular complexity index is 379. The maximum absolute atomic E-state index is 11.4. The van der Waals surface area contributed by atoms with Gasteiger partial charge in [-0.15, -0.1) is 0 Å². The van der Waals surface area contributed by atoms with Crippen LogP contribution in [0.25, 0.3) is 0 Å². The Balaban J connectivity index is 2.69. The molecule has 1 unspecified atom stereocenters. The molecule has 0 fully saturated rings. The van der Waals surface area contributed by atoms with Crippen LogP contribution in [0.1, 0.15) is 32.3 Å². The molecular weight excluding hydrogens is 212 g/mol. The molecule has 0 saturated carbocycles. The number of rotatable bonds is 5. The van der Waals surface area contributed by atoms with E-state index in [2.05, 4.69) is 32.6 Å². The molecule has 2 nitrogen and oxygen atoms in total. The number of esters is 1. The summed E-state index contributed by atoms with van der Waals surface area (Å²) >= 11 is 0. The molecule has 1 atom stereocenters. The number of ether oxygens (including phenoxy) is 1. The second-order valence-electron chi connectivity index (χ2n) is 4.64. The molecule has 0 radical (unpaired) electrons. The molecule has 0 aliphatic rings. The molecule has 92 valence electrons. The summed E-state index contributed by atoms with van der Waals surface area (Å²) in [5.74, 6) is 0.349. The molecule has 17 heavy (non-hydrogen) atoms. The molecule has 0 amide bonds. The van der Waals surface area contributed by atoms with Gasteiger partial charge in [0.15, 0.2) is 0 Å². The van der Waals surface area contributed by atoms with Gasteiger partial charge in [-0.25, -0.2) is 4.79 Å². The number of carbonyl (C=O) groups is 1. The van der Waals surface area contributed by atoms with E-state index in [0.717, 1.165) is 0 Å².